The highest BCUT2D eigenvalue weighted by atomic mass is 79.9. The van der Waals surface area contributed by atoms with Crippen LogP contribution in [0.4, 0.5) is 11.5 Å². The normalized spacial score (nSPS) is 10.6. The average molecular weight is 387 g/mol. The van der Waals surface area contributed by atoms with Crippen LogP contribution in [0.2, 0.25) is 0 Å². The number of aromatic carboxylic acids is 1. The molecule has 1 aromatic carbocycles. The molecule has 3 N–H and O–H groups in total. The first-order valence-corrected chi connectivity index (χ1v) is 7.42. The molecule has 0 atom stereocenters. The van der Waals surface area contributed by atoms with Crippen LogP contribution < -0.4 is 10.6 Å². The van der Waals surface area contributed by atoms with E-state index >= 15 is 0 Å². The van der Waals surface area contributed by atoms with Gasteiger partial charge in [-0.15, -0.1) is 0 Å². The van der Waals surface area contributed by atoms with E-state index in [1.165, 1.54) is 30.5 Å². The molecule has 0 spiro atoms. The second kappa shape index (κ2) is 7.89. The van der Waals surface area contributed by atoms with Crippen LogP contribution in [0.15, 0.2) is 58.8 Å². The van der Waals surface area contributed by atoms with E-state index in [0.29, 0.717) is 5.82 Å². The van der Waals surface area contributed by atoms with Gasteiger partial charge in [0.1, 0.15) is 17.5 Å². The third-order valence-electron chi connectivity index (χ3n) is 2.82. The summed E-state index contributed by atoms with van der Waals surface area (Å²) in [6.45, 7) is 0. The van der Waals surface area contributed by atoms with Gasteiger partial charge in [0.05, 0.1) is 5.56 Å². The molecule has 0 aliphatic heterocycles. The number of hydrogen-bond donors (Lipinski definition) is 3. The monoisotopic (exact) mass is 386 g/mol. The van der Waals surface area contributed by atoms with Crippen molar-refractivity contribution in [1.29, 1.82) is 5.26 Å². The summed E-state index contributed by atoms with van der Waals surface area (Å²) in [6, 6.07) is 10.9. The van der Waals surface area contributed by atoms with E-state index in [4.69, 9.17) is 10.4 Å². The van der Waals surface area contributed by atoms with Crippen LogP contribution >= 0.6 is 15.9 Å². The van der Waals surface area contributed by atoms with E-state index < -0.39 is 11.9 Å². The van der Waals surface area contributed by atoms with E-state index in [1.54, 1.807) is 24.4 Å². The number of carboxylic acid groups (broad SMARTS) is 1. The predicted octanol–water partition coefficient (Wildman–Crippen LogP) is 3.00. The quantitative estimate of drug-likeness (QED) is 0.537. The van der Waals surface area contributed by atoms with Crippen molar-refractivity contribution in [2.75, 3.05) is 10.6 Å². The first-order chi connectivity index (χ1) is 11.5. The molecule has 1 amide bonds. The summed E-state index contributed by atoms with van der Waals surface area (Å²) in [6.07, 6.45) is 2.80. The number of halogens is 1. The molecule has 0 aliphatic carbocycles. The summed E-state index contributed by atoms with van der Waals surface area (Å²) >= 11 is 3.25. The highest BCUT2D eigenvalue weighted by Crippen LogP contribution is 2.13. The molecule has 24 heavy (non-hydrogen) atoms. The SMILES string of the molecule is N#C/C(=C/Nc1ccc(Br)cn1)C(=O)Nc1cccc(C(=O)O)c1. The Bertz CT molecular complexity index is 841. The molecule has 7 nitrogen and oxygen atoms in total. The van der Waals surface area contributed by atoms with E-state index in [9.17, 15) is 9.59 Å². The number of nitrogens with zero attached hydrogens (tertiary/aromatic N) is 2. The van der Waals surface area contributed by atoms with Gasteiger partial charge in [0.2, 0.25) is 0 Å². The first-order valence-electron chi connectivity index (χ1n) is 6.62. The highest BCUT2D eigenvalue weighted by molar-refractivity contribution is 9.10. The smallest absolute Gasteiger partial charge is 0.335 e. The van der Waals surface area contributed by atoms with Crippen LogP contribution in [0, 0.1) is 11.3 Å². The molecule has 0 bridgehead atoms. The van der Waals surface area contributed by atoms with Crippen molar-refractivity contribution in [1.82, 2.24) is 4.98 Å². The Morgan fingerprint density at radius 2 is 2.08 bits per heavy atom. The second-order valence-electron chi connectivity index (χ2n) is 4.52. The van der Waals surface area contributed by atoms with Gasteiger partial charge < -0.3 is 15.7 Å². The molecule has 0 fully saturated rings. The number of benzene rings is 1. The summed E-state index contributed by atoms with van der Waals surface area (Å²) in [5.41, 5.74) is 0.135. The maximum absolute atomic E-state index is 12.1. The van der Waals surface area contributed by atoms with Crippen molar-refractivity contribution in [2.24, 2.45) is 0 Å². The number of carbonyl (C=O) groups is 2. The molecule has 2 aromatic rings. The van der Waals surface area contributed by atoms with Crippen molar-refractivity contribution in [3.05, 3.63) is 64.4 Å². The van der Waals surface area contributed by atoms with E-state index in [-0.39, 0.29) is 16.8 Å². The Hall–Kier alpha value is -3.18. The molecule has 0 unspecified atom stereocenters. The lowest BCUT2D eigenvalue weighted by Gasteiger charge is -2.06. The lowest BCUT2D eigenvalue weighted by atomic mass is 10.2. The summed E-state index contributed by atoms with van der Waals surface area (Å²) in [5, 5.41) is 23.3. The lowest BCUT2D eigenvalue weighted by molar-refractivity contribution is -0.112. The minimum Gasteiger partial charge on any atom is -0.478 e. The Morgan fingerprint density at radius 3 is 2.71 bits per heavy atom. The number of aromatic nitrogens is 1. The van der Waals surface area contributed by atoms with Crippen molar-refractivity contribution in [2.45, 2.75) is 0 Å². The largest absolute Gasteiger partial charge is 0.478 e. The van der Waals surface area contributed by atoms with Gasteiger partial charge in [-0.1, -0.05) is 6.07 Å². The molecular weight excluding hydrogens is 376 g/mol. The number of carboxylic acids is 1. The number of amides is 1. The molecule has 0 saturated carbocycles. The average Bonchev–Trinajstić information content (AvgIpc) is 2.57. The fraction of sp³-hybridized carbons (Fsp3) is 0. The van der Waals surface area contributed by atoms with Gasteiger partial charge in [0.25, 0.3) is 5.91 Å². The summed E-state index contributed by atoms with van der Waals surface area (Å²) in [5.74, 6) is -1.30. The Kier molecular flexibility index (Phi) is 5.65. The molecular formula is C16H11BrN4O3. The second-order valence-corrected chi connectivity index (χ2v) is 5.43. The Labute approximate surface area is 145 Å². The summed E-state index contributed by atoms with van der Waals surface area (Å²) < 4.78 is 0.800. The highest BCUT2D eigenvalue weighted by Gasteiger charge is 2.11. The van der Waals surface area contributed by atoms with Gasteiger partial charge in [-0.3, -0.25) is 4.79 Å². The summed E-state index contributed by atoms with van der Waals surface area (Å²) in [4.78, 5) is 27.0. The lowest BCUT2D eigenvalue weighted by Crippen LogP contribution is -2.15. The van der Waals surface area contributed by atoms with Crippen molar-refractivity contribution >= 4 is 39.3 Å². The van der Waals surface area contributed by atoms with Crippen LogP contribution in [0.25, 0.3) is 0 Å². The van der Waals surface area contributed by atoms with Crippen molar-refractivity contribution < 1.29 is 14.7 Å². The summed E-state index contributed by atoms with van der Waals surface area (Å²) in [7, 11) is 0. The predicted molar refractivity (Wildman–Crippen MR) is 91.3 cm³/mol. The fourth-order valence-corrected chi connectivity index (χ4v) is 1.92. The number of carbonyl (C=O) groups excluding carboxylic acids is 1. The number of anilines is 2. The van der Waals surface area contributed by atoms with Crippen LogP contribution in [-0.2, 0) is 4.79 Å². The molecule has 0 radical (unpaired) electrons. The zero-order valence-corrected chi connectivity index (χ0v) is 13.7. The van der Waals surface area contributed by atoms with Gasteiger partial charge in [0, 0.05) is 22.6 Å². The molecule has 2 rings (SSSR count). The third kappa shape index (κ3) is 4.66. The third-order valence-corrected chi connectivity index (χ3v) is 3.29. The van der Waals surface area contributed by atoms with E-state index in [2.05, 4.69) is 31.5 Å². The number of nitrogens with one attached hydrogen (secondary N) is 2. The minimum atomic E-state index is -1.11. The van der Waals surface area contributed by atoms with Crippen molar-refractivity contribution in [3.63, 3.8) is 0 Å². The maximum Gasteiger partial charge on any atom is 0.335 e. The number of hydrogen-bond acceptors (Lipinski definition) is 5. The van der Waals surface area contributed by atoms with Crippen LogP contribution in [-0.4, -0.2) is 22.0 Å². The van der Waals surface area contributed by atoms with Crippen LogP contribution in [0.1, 0.15) is 10.4 Å². The van der Waals surface area contributed by atoms with Crippen LogP contribution in [0.5, 0.6) is 0 Å². The molecule has 1 heterocycles. The topological polar surface area (TPSA) is 115 Å². The minimum absolute atomic E-state index is 0.0347. The molecule has 8 heteroatoms. The maximum atomic E-state index is 12.1. The van der Waals surface area contributed by atoms with Gasteiger partial charge in [0.15, 0.2) is 0 Å². The zero-order valence-electron chi connectivity index (χ0n) is 12.2. The van der Waals surface area contributed by atoms with E-state index in [0.717, 1.165) is 4.47 Å². The Morgan fingerprint density at radius 1 is 1.29 bits per heavy atom. The molecule has 120 valence electrons. The van der Waals surface area contributed by atoms with Crippen LogP contribution in [0.3, 0.4) is 0 Å². The Balaban J connectivity index is 2.10. The van der Waals surface area contributed by atoms with Gasteiger partial charge in [-0.2, -0.15) is 5.26 Å². The number of pyridine rings is 1. The van der Waals surface area contributed by atoms with Crippen molar-refractivity contribution in [3.8, 4) is 6.07 Å². The van der Waals surface area contributed by atoms with Gasteiger partial charge in [-0.05, 0) is 46.3 Å². The molecule has 0 saturated heterocycles. The number of rotatable bonds is 5. The fourth-order valence-electron chi connectivity index (χ4n) is 1.68. The molecule has 0 aliphatic rings. The van der Waals surface area contributed by atoms with E-state index in [1.807, 2.05) is 0 Å². The molecule has 1 aromatic heterocycles. The zero-order chi connectivity index (χ0) is 17.5. The standard InChI is InChI=1S/C16H11BrN4O3/c17-12-4-5-14(20-9-12)19-8-11(7-18)15(22)21-13-3-1-2-10(6-13)16(23)24/h1-6,8-9H,(H,19,20)(H,21,22)(H,23,24)/b11-8-. The van der Waals surface area contributed by atoms with Gasteiger partial charge >= 0.3 is 5.97 Å². The first kappa shape index (κ1) is 17.2. The van der Waals surface area contributed by atoms with Gasteiger partial charge in [-0.25, -0.2) is 9.78 Å². The number of nitriles is 1.